The molecule has 0 radical (unpaired) electrons. The van der Waals surface area contributed by atoms with Crippen molar-refractivity contribution in [3.05, 3.63) is 23.8 Å². The van der Waals surface area contributed by atoms with Gasteiger partial charge in [-0.05, 0) is 31.5 Å². The largest absolute Gasteiger partial charge is 0.398 e. The van der Waals surface area contributed by atoms with Gasteiger partial charge in [-0.2, -0.15) is 13.2 Å². The molecular formula is C11H15F3N2O2S. The third-order valence-electron chi connectivity index (χ3n) is 2.51. The Kier molecular flexibility index (Phi) is 4.46. The van der Waals surface area contributed by atoms with E-state index >= 15 is 0 Å². The number of rotatable bonds is 4. The van der Waals surface area contributed by atoms with Crippen LogP contribution in [0.3, 0.4) is 0 Å². The smallest absolute Gasteiger partial charge is 0.390 e. The van der Waals surface area contributed by atoms with Gasteiger partial charge in [0.1, 0.15) is 0 Å². The topological polar surface area (TPSA) is 72.2 Å². The second-order valence-electron chi connectivity index (χ2n) is 4.31. The molecule has 108 valence electrons. The summed E-state index contributed by atoms with van der Waals surface area (Å²) in [5.74, 6) is 0. The Morgan fingerprint density at radius 2 is 1.95 bits per heavy atom. The number of nitrogen functional groups attached to an aromatic ring is 1. The Hall–Kier alpha value is -1.28. The summed E-state index contributed by atoms with van der Waals surface area (Å²) in [4.78, 5) is -0.110. The van der Waals surface area contributed by atoms with E-state index in [1.165, 1.54) is 25.1 Å². The molecule has 0 saturated carbocycles. The highest BCUT2D eigenvalue weighted by Crippen LogP contribution is 2.24. The summed E-state index contributed by atoms with van der Waals surface area (Å²) in [6, 6.07) is 3.01. The lowest BCUT2D eigenvalue weighted by atomic mass is 10.2. The molecule has 0 fully saturated rings. The molecule has 8 heteroatoms. The fourth-order valence-electron chi connectivity index (χ4n) is 1.64. The van der Waals surface area contributed by atoms with Crippen LogP contribution < -0.4 is 10.5 Å². The van der Waals surface area contributed by atoms with Gasteiger partial charge in [0.25, 0.3) is 0 Å². The van der Waals surface area contributed by atoms with Crippen molar-refractivity contribution in [2.24, 2.45) is 0 Å². The summed E-state index contributed by atoms with van der Waals surface area (Å²) in [7, 11) is -4.02. The number of benzene rings is 1. The number of anilines is 1. The maximum absolute atomic E-state index is 12.2. The van der Waals surface area contributed by atoms with E-state index in [4.69, 9.17) is 5.73 Å². The normalized spacial score (nSPS) is 14.4. The van der Waals surface area contributed by atoms with Crippen molar-refractivity contribution in [3.63, 3.8) is 0 Å². The molecule has 0 aliphatic rings. The molecule has 1 rings (SSSR count). The summed E-state index contributed by atoms with van der Waals surface area (Å²) in [5.41, 5.74) is 6.16. The maximum atomic E-state index is 12.2. The number of hydrogen-bond donors (Lipinski definition) is 2. The minimum absolute atomic E-state index is 0.110. The third-order valence-corrected chi connectivity index (χ3v) is 4.24. The first-order chi connectivity index (χ1) is 8.53. The van der Waals surface area contributed by atoms with E-state index in [1.54, 1.807) is 0 Å². The van der Waals surface area contributed by atoms with Crippen LogP contribution in [0.25, 0.3) is 0 Å². The Morgan fingerprint density at radius 1 is 1.37 bits per heavy atom. The predicted octanol–water partition coefficient (Wildman–Crippen LogP) is 2.20. The molecule has 1 atom stereocenters. The van der Waals surface area contributed by atoms with Gasteiger partial charge in [-0.1, -0.05) is 6.07 Å². The van der Waals surface area contributed by atoms with E-state index in [9.17, 15) is 21.6 Å². The van der Waals surface area contributed by atoms with E-state index in [1.807, 2.05) is 4.72 Å². The van der Waals surface area contributed by atoms with Gasteiger partial charge in [-0.3, -0.25) is 0 Å². The summed E-state index contributed by atoms with van der Waals surface area (Å²) in [6.45, 7) is 2.66. The average Bonchev–Trinajstić information content (AvgIpc) is 2.17. The molecule has 0 saturated heterocycles. The van der Waals surface area contributed by atoms with Crippen LogP contribution in [0.15, 0.2) is 23.1 Å². The Labute approximate surface area is 109 Å². The number of nitrogens with one attached hydrogen (secondary N) is 1. The van der Waals surface area contributed by atoms with E-state index < -0.39 is 28.7 Å². The monoisotopic (exact) mass is 296 g/mol. The zero-order valence-corrected chi connectivity index (χ0v) is 11.3. The third kappa shape index (κ3) is 4.39. The van der Waals surface area contributed by atoms with E-state index in [2.05, 4.69) is 0 Å². The SMILES string of the molecule is Cc1c(N)cccc1S(=O)(=O)NC(C)CC(F)(F)F. The molecule has 0 aliphatic carbocycles. The van der Waals surface area contributed by atoms with Crippen molar-refractivity contribution in [2.75, 3.05) is 5.73 Å². The number of sulfonamides is 1. The number of nitrogens with two attached hydrogens (primary N) is 1. The Balaban J connectivity index is 2.96. The van der Waals surface area contributed by atoms with Crippen LogP contribution in [-0.2, 0) is 10.0 Å². The molecule has 0 heterocycles. The van der Waals surface area contributed by atoms with Crippen LogP contribution in [0, 0.1) is 6.92 Å². The quantitative estimate of drug-likeness (QED) is 0.837. The number of hydrogen-bond acceptors (Lipinski definition) is 3. The van der Waals surface area contributed by atoms with Gasteiger partial charge in [-0.25, -0.2) is 13.1 Å². The Bertz CT molecular complexity index is 556. The van der Waals surface area contributed by atoms with E-state index in [0.29, 0.717) is 5.56 Å². The molecule has 1 unspecified atom stereocenters. The standard InChI is InChI=1S/C11H15F3N2O2S/c1-7(6-11(12,13)14)16-19(17,18)10-5-3-4-9(15)8(10)2/h3-5,7,16H,6,15H2,1-2H3. The van der Waals surface area contributed by atoms with Gasteiger partial charge < -0.3 is 5.73 Å². The highest BCUT2D eigenvalue weighted by Gasteiger charge is 2.32. The molecule has 4 nitrogen and oxygen atoms in total. The fourth-order valence-corrected chi connectivity index (χ4v) is 3.16. The summed E-state index contributed by atoms with van der Waals surface area (Å²) in [6.07, 6.45) is -5.65. The predicted molar refractivity (Wildman–Crippen MR) is 66.0 cm³/mol. The molecule has 19 heavy (non-hydrogen) atoms. The fraction of sp³-hybridized carbons (Fsp3) is 0.455. The van der Waals surface area contributed by atoms with Crippen molar-refractivity contribution >= 4 is 15.7 Å². The van der Waals surface area contributed by atoms with E-state index in [-0.39, 0.29) is 10.6 Å². The zero-order chi connectivity index (χ0) is 14.8. The van der Waals surface area contributed by atoms with Crippen molar-refractivity contribution in [1.29, 1.82) is 0 Å². The first kappa shape index (κ1) is 15.8. The second-order valence-corrected chi connectivity index (χ2v) is 5.99. The van der Waals surface area contributed by atoms with Crippen molar-refractivity contribution in [1.82, 2.24) is 4.72 Å². The van der Waals surface area contributed by atoms with Crippen LogP contribution in [0.5, 0.6) is 0 Å². The molecule has 0 aromatic heterocycles. The molecule has 0 bridgehead atoms. The van der Waals surface area contributed by atoms with Crippen molar-refractivity contribution in [2.45, 2.75) is 37.4 Å². The van der Waals surface area contributed by atoms with Crippen molar-refractivity contribution in [3.8, 4) is 0 Å². The van der Waals surface area contributed by atoms with Crippen LogP contribution in [0.4, 0.5) is 18.9 Å². The lowest BCUT2D eigenvalue weighted by Gasteiger charge is -2.17. The lowest BCUT2D eigenvalue weighted by molar-refractivity contribution is -0.137. The van der Waals surface area contributed by atoms with Gasteiger partial charge in [0.15, 0.2) is 0 Å². The average molecular weight is 296 g/mol. The Morgan fingerprint density at radius 3 is 2.47 bits per heavy atom. The second kappa shape index (κ2) is 5.38. The van der Waals surface area contributed by atoms with Crippen molar-refractivity contribution < 1.29 is 21.6 Å². The molecule has 0 aliphatic heterocycles. The maximum Gasteiger partial charge on any atom is 0.390 e. The molecule has 1 aromatic carbocycles. The first-order valence-electron chi connectivity index (χ1n) is 5.47. The van der Waals surface area contributed by atoms with Gasteiger partial charge in [0.05, 0.1) is 11.3 Å². The van der Waals surface area contributed by atoms with Gasteiger partial charge in [0, 0.05) is 11.7 Å². The molecule has 3 N–H and O–H groups in total. The summed E-state index contributed by atoms with van der Waals surface area (Å²) >= 11 is 0. The minimum atomic E-state index is -4.42. The first-order valence-corrected chi connectivity index (χ1v) is 6.95. The summed E-state index contributed by atoms with van der Waals surface area (Å²) < 4.78 is 62.4. The van der Waals surface area contributed by atoms with Gasteiger partial charge >= 0.3 is 6.18 Å². The lowest BCUT2D eigenvalue weighted by Crippen LogP contribution is -2.36. The van der Waals surface area contributed by atoms with Crippen LogP contribution in [-0.4, -0.2) is 20.6 Å². The number of halogens is 3. The molecule has 0 spiro atoms. The van der Waals surface area contributed by atoms with Crippen LogP contribution in [0.1, 0.15) is 18.9 Å². The molecule has 1 aromatic rings. The van der Waals surface area contributed by atoms with Crippen LogP contribution in [0.2, 0.25) is 0 Å². The van der Waals surface area contributed by atoms with E-state index in [0.717, 1.165) is 6.92 Å². The highest BCUT2D eigenvalue weighted by atomic mass is 32.2. The zero-order valence-electron chi connectivity index (χ0n) is 10.5. The summed E-state index contributed by atoms with van der Waals surface area (Å²) in [5, 5.41) is 0. The number of alkyl halides is 3. The highest BCUT2D eigenvalue weighted by molar-refractivity contribution is 7.89. The molecule has 0 amide bonds. The molecular weight excluding hydrogens is 281 g/mol. The van der Waals surface area contributed by atoms with Gasteiger partial charge in [-0.15, -0.1) is 0 Å². The minimum Gasteiger partial charge on any atom is -0.398 e. The van der Waals surface area contributed by atoms with Gasteiger partial charge in [0.2, 0.25) is 10.0 Å². The van der Waals surface area contributed by atoms with Crippen LogP contribution >= 0.6 is 0 Å².